The Bertz CT molecular complexity index is 361. The van der Waals surface area contributed by atoms with E-state index in [1.807, 2.05) is 6.92 Å². The summed E-state index contributed by atoms with van der Waals surface area (Å²) in [7, 11) is 0. The van der Waals surface area contributed by atoms with E-state index in [-0.39, 0.29) is 18.1 Å². The van der Waals surface area contributed by atoms with Crippen LogP contribution >= 0.6 is 0 Å². The van der Waals surface area contributed by atoms with Gasteiger partial charge in [0.1, 0.15) is 11.8 Å². The fourth-order valence-corrected chi connectivity index (χ4v) is 1.63. The number of anilines is 1. The van der Waals surface area contributed by atoms with Crippen LogP contribution in [-0.4, -0.2) is 23.3 Å². The fraction of sp³-hybridized carbons (Fsp3) is 0.600. The van der Waals surface area contributed by atoms with Crippen LogP contribution in [-0.2, 0) is 9.53 Å². The standard InChI is InChI=1S/C10H14N2O3/c1-6-3-4-9(14-6)10(13)12-8-5-11-15-7(8)2/h5-6,9H,3-4H2,1-2H3,(H,12,13). The highest BCUT2D eigenvalue weighted by Gasteiger charge is 2.28. The summed E-state index contributed by atoms with van der Waals surface area (Å²) in [6, 6.07) is 0. The summed E-state index contributed by atoms with van der Waals surface area (Å²) in [6.45, 7) is 3.72. The quantitative estimate of drug-likeness (QED) is 0.803. The predicted molar refractivity (Wildman–Crippen MR) is 53.4 cm³/mol. The number of hydrogen-bond donors (Lipinski definition) is 1. The van der Waals surface area contributed by atoms with E-state index in [2.05, 4.69) is 10.5 Å². The molecule has 1 saturated heterocycles. The molecule has 2 atom stereocenters. The Morgan fingerprint density at radius 2 is 2.40 bits per heavy atom. The first-order valence-electron chi connectivity index (χ1n) is 5.04. The third-order valence-electron chi connectivity index (χ3n) is 2.53. The van der Waals surface area contributed by atoms with Gasteiger partial charge in [-0.2, -0.15) is 0 Å². The molecule has 1 aromatic rings. The zero-order valence-corrected chi connectivity index (χ0v) is 8.82. The van der Waals surface area contributed by atoms with Crippen LogP contribution in [0.2, 0.25) is 0 Å². The Morgan fingerprint density at radius 1 is 1.60 bits per heavy atom. The molecule has 0 aliphatic carbocycles. The molecule has 15 heavy (non-hydrogen) atoms. The minimum absolute atomic E-state index is 0.120. The molecule has 0 saturated carbocycles. The van der Waals surface area contributed by atoms with E-state index in [0.29, 0.717) is 11.4 Å². The topological polar surface area (TPSA) is 64.4 Å². The molecular formula is C10H14N2O3. The third-order valence-corrected chi connectivity index (χ3v) is 2.53. The molecule has 1 amide bonds. The minimum Gasteiger partial charge on any atom is -0.365 e. The van der Waals surface area contributed by atoms with E-state index in [1.165, 1.54) is 6.20 Å². The number of hydrogen-bond acceptors (Lipinski definition) is 4. The molecule has 1 fully saturated rings. The maximum absolute atomic E-state index is 11.7. The zero-order chi connectivity index (χ0) is 10.8. The van der Waals surface area contributed by atoms with Crippen molar-refractivity contribution in [1.29, 1.82) is 0 Å². The molecule has 2 heterocycles. The van der Waals surface area contributed by atoms with E-state index in [0.717, 1.165) is 12.8 Å². The van der Waals surface area contributed by atoms with Crippen molar-refractivity contribution in [3.05, 3.63) is 12.0 Å². The molecule has 82 valence electrons. The summed E-state index contributed by atoms with van der Waals surface area (Å²) >= 11 is 0. The van der Waals surface area contributed by atoms with Crippen molar-refractivity contribution in [2.75, 3.05) is 5.32 Å². The molecular weight excluding hydrogens is 196 g/mol. The third kappa shape index (κ3) is 2.18. The van der Waals surface area contributed by atoms with Crippen molar-refractivity contribution in [3.63, 3.8) is 0 Å². The van der Waals surface area contributed by atoms with Crippen LogP contribution in [0.1, 0.15) is 25.5 Å². The molecule has 0 spiro atoms. The lowest BCUT2D eigenvalue weighted by atomic mass is 10.2. The van der Waals surface area contributed by atoms with E-state index >= 15 is 0 Å². The monoisotopic (exact) mass is 210 g/mol. The van der Waals surface area contributed by atoms with E-state index in [9.17, 15) is 4.79 Å². The average Bonchev–Trinajstić information content (AvgIpc) is 2.77. The molecule has 1 aromatic heterocycles. The SMILES string of the molecule is Cc1oncc1NC(=O)C1CCC(C)O1. The summed E-state index contributed by atoms with van der Waals surface area (Å²) in [4.78, 5) is 11.7. The lowest BCUT2D eigenvalue weighted by molar-refractivity contribution is -0.126. The molecule has 2 rings (SSSR count). The van der Waals surface area contributed by atoms with Gasteiger partial charge in [0.05, 0.1) is 12.3 Å². The zero-order valence-electron chi connectivity index (χ0n) is 8.82. The lowest BCUT2D eigenvalue weighted by Crippen LogP contribution is -2.27. The Morgan fingerprint density at radius 3 is 2.93 bits per heavy atom. The molecule has 5 heteroatoms. The summed E-state index contributed by atoms with van der Waals surface area (Å²) in [5, 5.41) is 6.32. The molecule has 1 aliphatic heterocycles. The van der Waals surface area contributed by atoms with E-state index in [1.54, 1.807) is 6.92 Å². The van der Waals surface area contributed by atoms with Crippen LogP contribution in [0.4, 0.5) is 5.69 Å². The normalized spacial score (nSPS) is 25.5. The Kier molecular flexibility index (Phi) is 2.73. The fourth-order valence-electron chi connectivity index (χ4n) is 1.63. The van der Waals surface area contributed by atoms with Gasteiger partial charge in [-0.15, -0.1) is 0 Å². The second-order valence-electron chi connectivity index (χ2n) is 3.80. The smallest absolute Gasteiger partial charge is 0.253 e. The molecule has 1 N–H and O–H groups in total. The van der Waals surface area contributed by atoms with Crippen molar-refractivity contribution in [2.45, 2.75) is 38.9 Å². The number of aryl methyl sites for hydroxylation is 1. The van der Waals surface area contributed by atoms with Gasteiger partial charge in [-0.25, -0.2) is 0 Å². The van der Waals surface area contributed by atoms with Crippen molar-refractivity contribution in [1.82, 2.24) is 5.16 Å². The first-order chi connectivity index (χ1) is 7.16. The highest BCUT2D eigenvalue weighted by Crippen LogP contribution is 2.21. The van der Waals surface area contributed by atoms with Gasteiger partial charge >= 0.3 is 0 Å². The van der Waals surface area contributed by atoms with Gasteiger partial charge in [-0.1, -0.05) is 5.16 Å². The highest BCUT2D eigenvalue weighted by atomic mass is 16.5. The number of amides is 1. The Hall–Kier alpha value is -1.36. The molecule has 0 aromatic carbocycles. The van der Waals surface area contributed by atoms with Crippen LogP contribution in [0.5, 0.6) is 0 Å². The number of rotatable bonds is 2. The highest BCUT2D eigenvalue weighted by molar-refractivity contribution is 5.94. The second kappa shape index (κ2) is 4.02. The van der Waals surface area contributed by atoms with E-state index < -0.39 is 0 Å². The Balaban J connectivity index is 1.95. The molecule has 2 unspecified atom stereocenters. The van der Waals surface area contributed by atoms with Crippen molar-refractivity contribution in [3.8, 4) is 0 Å². The van der Waals surface area contributed by atoms with E-state index in [4.69, 9.17) is 9.26 Å². The van der Waals surface area contributed by atoms with Gasteiger partial charge in [0.25, 0.3) is 5.91 Å². The van der Waals surface area contributed by atoms with Crippen molar-refractivity contribution < 1.29 is 14.1 Å². The summed E-state index contributed by atoms with van der Waals surface area (Å²) in [5.41, 5.74) is 0.614. The lowest BCUT2D eigenvalue weighted by Gasteiger charge is -2.10. The molecule has 0 bridgehead atoms. The van der Waals surface area contributed by atoms with Gasteiger partial charge in [0.2, 0.25) is 0 Å². The van der Waals surface area contributed by atoms with Crippen LogP contribution in [0.25, 0.3) is 0 Å². The number of aromatic nitrogens is 1. The van der Waals surface area contributed by atoms with Crippen LogP contribution in [0, 0.1) is 6.92 Å². The van der Waals surface area contributed by atoms with Crippen LogP contribution < -0.4 is 5.32 Å². The largest absolute Gasteiger partial charge is 0.365 e. The predicted octanol–water partition coefficient (Wildman–Crippen LogP) is 1.49. The van der Waals surface area contributed by atoms with Crippen LogP contribution in [0.3, 0.4) is 0 Å². The molecule has 0 radical (unpaired) electrons. The van der Waals surface area contributed by atoms with Gasteiger partial charge in [-0.3, -0.25) is 4.79 Å². The maximum Gasteiger partial charge on any atom is 0.253 e. The summed E-state index contributed by atoms with van der Waals surface area (Å²) in [6.07, 6.45) is 3.03. The second-order valence-corrected chi connectivity index (χ2v) is 3.80. The first-order valence-corrected chi connectivity index (χ1v) is 5.04. The van der Waals surface area contributed by atoms with Gasteiger partial charge in [0.15, 0.2) is 5.76 Å². The number of ether oxygens (including phenoxy) is 1. The first kappa shape index (κ1) is 10.2. The summed E-state index contributed by atoms with van der Waals surface area (Å²) < 4.78 is 10.3. The Labute approximate surface area is 87.8 Å². The number of nitrogens with zero attached hydrogens (tertiary/aromatic N) is 1. The van der Waals surface area contributed by atoms with Crippen LogP contribution in [0.15, 0.2) is 10.7 Å². The van der Waals surface area contributed by atoms with Gasteiger partial charge in [-0.05, 0) is 26.7 Å². The number of carbonyl (C=O) groups is 1. The number of nitrogens with one attached hydrogen (secondary N) is 1. The van der Waals surface area contributed by atoms with Gasteiger partial charge < -0.3 is 14.6 Å². The average molecular weight is 210 g/mol. The van der Waals surface area contributed by atoms with Crippen molar-refractivity contribution in [2.24, 2.45) is 0 Å². The summed E-state index contributed by atoms with van der Waals surface area (Å²) in [5.74, 6) is 0.486. The van der Waals surface area contributed by atoms with Crippen molar-refractivity contribution >= 4 is 11.6 Å². The molecule has 5 nitrogen and oxygen atoms in total. The molecule has 1 aliphatic rings. The van der Waals surface area contributed by atoms with Gasteiger partial charge in [0, 0.05) is 0 Å². The minimum atomic E-state index is -0.339. The number of carbonyl (C=O) groups excluding carboxylic acids is 1. The maximum atomic E-state index is 11.7.